The van der Waals surface area contributed by atoms with Crippen LogP contribution in [0.1, 0.15) is 41.0 Å². The molecular formula is C12H14O3. The van der Waals surface area contributed by atoms with Crippen molar-refractivity contribution in [1.82, 2.24) is 0 Å². The fourth-order valence-corrected chi connectivity index (χ4v) is 1.31. The monoisotopic (exact) mass is 206 g/mol. The summed E-state index contributed by atoms with van der Waals surface area (Å²) in [5.41, 5.74) is 0.633. The number of Topliss-reactive ketones (excluding diaryl/α,β-unsaturated/α-hetero) is 1. The average molecular weight is 206 g/mol. The van der Waals surface area contributed by atoms with E-state index < -0.39 is 5.97 Å². The minimum atomic E-state index is -1.01. The first-order valence-electron chi connectivity index (χ1n) is 4.87. The van der Waals surface area contributed by atoms with Crippen molar-refractivity contribution >= 4 is 11.8 Å². The topological polar surface area (TPSA) is 54.4 Å². The number of aromatic carboxylic acids is 1. The molecule has 3 heteroatoms. The van der Waals surface area contributed by atoms with Gasteiger partial charge in [-0.25, -0.2) is 4.79 Å². The van der Waals surface area contributed by atoms with Crippen molar-refractivity contribution in [2.24, 2.45) is 5.92 Å². The summed E-state index contributed by atoms with van der Waals surface area (Å²) in [6.45, 7) is 3.91. The number of carbonyl (C=O) groups excluding carboxylic acids is 1. The number of carboxylic acid groups (broad SMARTS) is 1. The maximum absolute atomic E-state index is 11.6. The molecule has 0 aliphatic heterocycles. The fraction of sp³-hybridized carbons (Fsp3) is 0.333. The number of ketones is 1. The highest BCUT2D eigenvalue weighted by Crippen LogP contribution is 2.11. The number of carbonyl (C=O) groups is 2. The van der Waals surface area contributed by atoms with E-state index in [1.165, 1.54) is 12.1 Å². The van der Waals surface area contributed by atoms with Crippen molar-refractivity contribution < 1.29 is 14.7 Å². The largest absolute Gasteiger partial charge is 0.478 e. The average Bonchev–Trinajstić information content (AvgIpc) is 2.17. The molecule has 0 bridgehead atoms. The molecule has 0 atom stereocenters. The molecule has 1 rings (SSSR count). The Morgan fingerprint density at radius 2 is 1.87 bits per heavy atom. The fourth-order valence-electron chi connectivity index (χ4n) is 1.31. The second-order valence-electron chi connectivity index (χ2n) is 3.91. The van der Waals surface area contributed by atoms with E-state index in [1.807, 2.05) is 13.8 Å². The van der Waals surface area contributed by atoms with Gasteiger partial charge < -0.3 is 5.11 Å². The van der Waals surface area contributed by atoms with Crippen LogP contribution in [0, 0.1) is 5.92 Å². The summed E-state index contributed by atoms with van der Waals surface area (Å²) in [4.78, 5) is 22.3. The lowest BCUT2D eigenvalue weighted by Crippen LogP contribution is -2.05. The molecule has 0 heterocycles. The molecule has 80 valence electrons. The van der Waals surface area contributed by atoms with Gasteiger partial charge in [-0.05, 0) is 18.1 Å². The summed E-state index contributed by atoms with van der Waals surface area (Å²) in [6, 6.07) is 6.15. The maximum Gasteiger partial charge on any atom is 0.335 e. The predicted octanol–water partition coefficient (Wildman–Crippen LogP) is 2.61. The van der Waals surface area contributed by atoms with Gasteiger partial charge in [0.2, 0.25) is 0 Å². The van der Waals surface area contributed by atoms with E-state index in [0.29, 0.717) is 12.0 Å². The molecule has 0 spiro atoms. The Morgan fingerprint density at radius 1 is 1.27 bits per heavy atom. The van der Waals surface area contributed by atoms with Gasteiger partial charge in [-0.15, -0.1) is 0 Å². The van der Waals surface area contributed by atoms with E-state index in [4.69, 9.17) is 5.11 Å². The van der Waals surface area contributed by atoms with Crippen LogP contribution in [0.3, 0.4) is 0 Å². The minimum Gasteiger partial charge on any atom is -0.478 e. The molecule has 1 aromatic rings. The molecular weight excluding hydrogens is 192 g/mol. The molecule has 15 heavy (non-hydrogen) atoms. The van der Waals surface area contributed by atoms with Crippen LogP contribution in [-0.2, 0) is 0 Å². The number of carboxylic acids is 1. The van der Waals surface area contributed by atoms with Crippen LogP contribution in [0.2, 0.25) is 0 Å². The lowest BCUT2D eigenvalue weighted by Gasteiger charge is -2.04. The summed E-state index contributed by atoms with van der Waals surface area (Å²) >= 11 is 0. The molecule has 0 amide bonds. The van der Waals surface area contributed by atoms with E-state index >= 15 is 0 Å². The molecule has 0 aliphatic rings. The number of rotatable bonds is 4. The molecule has 0 unspecified atom stereocenters. The van der Waals surface area contributed by atoms with Gasteiger partial charge >= 0.3 is 5.97 Å². The Hall–Kier alpha value is -1.64. The molecule has 0 saturated carbocycles. The lowest BCUT2D eigenvalue weighted by molar-refractivity contribution is 0.0697. The first kappa shape index (κ1) is 11.4. The third-order valence-electron chi connectivity index (χ3n) is 2.03. The number of benzene rings is 1. The Labute approximate surface area is 88.7 Å². The zero-order chi connectivity index (χ0) is 11.4. The Morgan fingerprint density at radius 3 is 2.40 bits per heavy atom. The minimum absolute atomic E-state index is 0.00639. The molecule has 3 nitrogen and oxygen atoms in total. The zero-order valence-corrected chi connectivity index (χ0v) is 8.86. The highest BCUT2D eigenvalue weighted by molar-refractivity contribution is 5.98. The Bertz CT molecular complexity index is 380. The summed E-state index contributed by atoms with van der Waals surface area (Å²) in [6.07, 6.45) is 0.447. The third-order valence-corrected chi connectivity index (χ3v) is 2.03. The van der Waals surface area contributed by atoms with Crippen molar-refractivity contribution in [3.63, 3.8) is 0 Å². The smallest absolute Gasteiger partial charge is 0.335 e. The van der Waals surface area contributed by atoms with E-state index in [2.05, 4.69) is 0 Å². The van der Waals surface area contributed by atoms with Gasteiger partial charge in [0.15, 0.2) is 5.78 Å². The first-order valence-corrected chi connectivity index (χ1v) is 4.87. The SMILES string of the molecule is CC(C)CC(=O)c1cccc(C(=O)O)c1. The predicted molar refractivity (Wildman–Crippen MR) is 57.2 cm³/mol. The first-order chi connectivity index (χ1) is 7.00. The van der Waals surface area contributed by atoms with Gasteiger partial charge in [0.05, 0.1) is 5.56 Å². The Balaban J connectivity index is 2.90. The van der Waals surface area contributed by atoms with Gasteiger partial charge in [0, 0.05) is 12.0 Å². The lowest BCUT2D eigenvalue weighted by atomic mass is 10.00. The van der Waals surface area contributed by atoms with Gasteiger partial charge in [0.25, 0.3) is 0 Å². The maximum atomic E-state index is 11.6. The highest BCUT2D eigenvalue weighted by Gasteiger charge is 2.10. The second-order valence-corrected chi connectivity index (χ2v) is 3.91. The standard InChI is InChI=1S/C12H14O3/c1-8(2)6-11(13)9-4-3-5-10(7-9)12(14)15/h3-5,7-8H,6H2,1-2H3,(H,14,15). The molecule has 0 aromatic heterocycles. The molecule has 0 radical (unpaired) electrons. The van der Waals surface area contributed by atoms with Gasteiger partial charge in [-0.1, -0.05) is 26.0 Å². The van der Waals surface area contributed by atoms with E-state index in [-0.39, 0.29) is 17.3 Å². The quantitative estimate of drug-likeness (QED) is 0.770. The van der Waals surface area contributed by atoms with Crippen molar-refractivity contribution in [2.45, 2.75) is 20.3 Å². The van der Waals surface area contributed by atoms with E-state index in [9.17, 15) is 9.59 Å². The molecule has 1 N–H and O–H groups in total. The Kier molecular flexibility index (Phi) is 3.61. The van der Waals surface area contributed by atoms with Crippen LogP contribution in [0.4, 0.5) is 0 Å². The van der Waals surface area contributed by atoms with Gasteiger partial charge in [-0.3, -0.25) is 4.79 Å². The van der Waals surface area contributed by atoms with Crippen LogP contribution in [0.15, 0.2) is 24.3 Å². The van der Waals surface area contributed by atoms with Gasteiger partial charge in [0.1, 0.15) is 0 Å². The molecule has 0 saturated heterocycles. The van der Waals surface area contributed by atoms with E-state index in [1.54, 1.807) is 12.1 Å². The van der Waals surface area contributed by atoms with Crippen molar-refractivity contribution in [2.75, 3.05) is 0 Å². The highest BCUT2D eigenvalue weighted by atomic mass is 16.4. The van der Waals surface area contributed by atoms with Crippen molar-refractivity contribution in [3.8, 4) is 0 Å². The van der Waals surface area contributed by atoms with Crippen molar-refractivity contribution in [3.05, 3.63) is 35.4 Å². The normalized spacial score (nSPS) is 10.3. The second kappa shape index (κ2) is 4.73. The molecule has 0 aliphatic carbocycles. The molecule has 1 aromatic carbocycles. The number of hydrogen-bond donors (Lipinski definition) is 1. The number of hydrogen-bond acceptors (Lipinski definition) is 2. The van der Waals surface area contributed by atoms with Crippen LogP contribution in [0.5, 0.6) is 0 Å². The van der Waals surface area contributed by atoms with Crippen LogP contribution < -0.4 is 0 Å². The summed E-state index contributed by atoms with van der Waals surface area (Å²) < 4.78 is 0. The van der Waals surface area contributed by atoms with Gasteiger partial charge in [-0.2, -0.15) is 0 Å². The zero-order valence-electron chi connectivity index (χ0n) is 8.86. The van der Waals surface area contributed by atoms with Crippen LogP contribution in [0.25, 0.3) is 0 Å². The summed E-state index contributed by atoms with van der Waals surface area (Å²) in [5, 5.41) is 8.76. The molecule has 0 fully saturated rings. The summed E-state index contributed by atoms with van der Waals surface area (Å²) in [7, 11) is 0. The van der Waals surface area contributed by atoms with Crippen molar-refractivity contribution in [1.29, 1.82) is 0 Å². The third kappa shape index (κ3) is 3.20. The van der Waals surface area contributed by atoms with Crippen LogP contribution >= 0.6 is 0 Å². The van der Waals surface area contributed by atoms with Crippen LogP contribution in [-0.4, -0.2) is 16.9 Å². The summed E-state index contributed by atoms with van der Waals surface area (Å²) in [5.74, 6) is -0.728. The van der Waals surface area contributed by atoms with E-state index in [0.717, 1.165) is 0 Å².